The molecule has 1 saturated carbocycles. The lowest BCUT2D eigenvalue weighted by molar-refractivity contribution is -0.137. The van der Waals surface area contributed by atoms with E-state index in [2.05, 4.69) is 20.8 Å². The number of benzene rings is 1. The molecule has 0 aliphatic heterocycles. The van der Waals surface area contributed by atoms with Gasteiger partial charge in [-0.2, -0.15) is 13.2 Å². The van der Waals surface area contributed by atoms with Crippen LogP contribution in [0.2, 0.25) is 0 Å². The molecule has 0 aromatic heterocycles. The number of hydrogen-bond donors (Lipinski definition) is 0. The minimum absolute atomic E-state index is 0.545. The van der Waals surface area contributed by atoms with Gasteiger partial charge in [-0.1, -0.05) is 40.5 Å². The van der Waals surface area contributed by atoms with Gasteiger partial charge in [-0.3, -0.25) is 4.90 Å². The summed E-state index contributed by atoms with van der Waals surface area (Å²) in [5, 5.41) is 0.929. The molecule has 0 atom stereocenters. The maximum Gasteiger partial charge on any atom is 0.416 e. The second-order valence-electron chi connectivity index (χ2n) is 5.30. The van der Waals surface area contributed by atoms with E-state index >= 15 is 0 Å². The van der Waals surface area contributed by atoms with Crippen LogP contribution in [0.3, 0.4) is 0 Å². The highest BCUT2D eigenvalue weighted by Gasteiger charge is 2.31. The molecule has 0 spiro atoms. The van der Waals surface area contributed by atoms with Crippen LogP contribution in [0.1, 0.15) is 36.8 Å². The van der Waals surface area contributed by atoms with Crippen molar-refractivity contribution in [3.05, 3.63) is 35.4 Å². The van der Waals surface area contributed by atoms with Crippen molar-refractivity contribution in [1.82, 2.24) is 4.90 Å². The Bertz CT molecular complexity index is 429. The molecule has 0 bridgehead atoms. The van der Waals surface area contributed by atoms with Gasteiger partial charge in [-0.25, -0.2) is 0 Å². The van der Waals surface area contributed by atoms with Crippen LogP contribution >= 0.6 is 15.9 Å². The predicted molar refractivity (Wildman–Crippen MR) is 77.9 cm³/mol. The summed E-state index contributed by atoms with van der Waals surface area (Å²) < 4.78 is 38.2. The first-order chi connectivity index (χ1) is 9.50. The summed E-state index contributed by atoms with van der Waals surface area (Å²) in [5.41, 5.74) is 0.199. The van der Waals surface area contributed by atoms with Crippen molar-refractivity contribution in [2.75, 3.05) is 11.9 Å². The summed E-state index contributed by atoms with van der Waals surface area (Å²) in [5.74, 6) is 0. The monoisotopic (exact) mass is 349 g/mol. The molecule has 1 aliphatic carbocycles. The zero-order valence-corrected chi connectivity index (χ0v) is 12.9. The molecule has 0 amide bonds. The van der Waals surface area contributed by atoms with E-state index in [0.29, 0.717) is 12.6 Å². The van der Waals surface area contributed by atoms with E-state index in [1.54, 1.807) is 6.07 Å². The molecular weight excluding hydrogens is 331 g/mol. The van der Waals surface area contributed by atoms with Crippen LogP contribution in [0.15, 0.2) is 24.3 Å². The second-order valence-corrected chi connectivity index (χ2v) is 6.09. The largest absolute Gasteiger partial charge is 0.416 e. The highest BCUT2D eigenvalue weighted by molar-refractivity contribution is 9.09. The van der Waals surface area contributed by atoms with Crippen molar-refractivity contribution in [3.8, 4) is 0 Å². The Balaban J connectivity index is 2.05. The summed E-state index contributed by atoms with van der Waals surface area (Å²) in [6.45, 7) is 1.55. The average molecular weight is 350 g/mol. The van der Waals surface area contributed by atoms with E-state index < -0.39 is 11.7 Å². The van der Waals surface area contributed by atoms with Crippen LogP contribution in [-0.2, 0) is 12.7 Å². The van der Waals surface area contributed by atoms with Crippen molar-refractivity contribution >= 4 is 15.9 Å². The molecule has 5 heteroatoms. The standard InChI is InChI=1S/C15H19BrF3N/c16-8-3-9-20(14-6-2-7-14)11-12-4-1-5-13(10-12)15(17,18)19/h1,4-5,10,14H,2-3,6-9,11H2. The number of alkyl halides is 4. The summed E-state index contributed by atoms with van der Waals surface area (Å²) in [6, 6.07) is 6.25. The van der Waals surface area contributed by atoms with Gasteiger partial charge < -0.3 is 0 Å². The number of nitrogens with zero attached hydrogens (tertiary/aromatic N) is 1. The quantitative estimate of drug-likeness (QED) is 0.664. The second kappa shape index (κ2) is 6.94. The van der Waals surface area contributed by atoms with Gasteiger partial charge in [0.1, 0.15) is 0 Å². The minimum atomic E-state index is -4.26. The van der Waals surface area contributed by atoms with E-state index in [-0.39, 0.29) is 0 Å². The Morgan fingerprint density at radius 2 is 2.00 bits per heavy atom. The third kappa shape index (κ3) is 4.22. The first-order valence-corrected chi connectivity index (χ1v) is 8.09. The molecule has 1 aromatic carbocycles. The maximum atomic E-state index is 12.7. The minimum Gasteiger partial charge on any atom is -0.296 e. The van der Waals surface area contributed by atoms with Crippen molar-refractivity contribution in [2.45, 2.75) is 44.4 Å². The molecule has 1 nitrogen and oxygen atoms in total. The highest BCUT2D eigenvalue weighted by Crippen LogP contribution is 2.31. The summed E-state index contributed by atoms with van der Waals surface area (Å²) >= 11 is 3.41. The summed E-state index contributed by atoms with van der Waals surface area (Å²) in [7, 11) is 0. The fraction of sp³-hybridized carbons (Fsp3) is 0.600. The Kier molecular flexibility index (Phi) is 5.49. The molecule has 1 fully saturated rings. The third-order valence-electron chi connectivity index (χ3n) is 3.81. The van der Waals surface area contributed by atoms with Gasteiger partial charge in [-0.15, -0.1) is 0 Å². The average Bonchev–Trinajstić information content (AvgIpc) is 2.33. The van der Waals surface area contributed by atoms with Crippen molar-refractivity contribution in [1.29, 1.82) is 0 Å². The molecule has 1 aromatic rings. The van der Waals surface area contributed by atoms with Gasteiger partial charge >= 0.3 is 6.18 Å². The van der Waals surface area contributed by atoms with E-state index in [4.69, 9.17) is 0 Å². The molecule has 2 rings (SSSR count). The lowest BCUT2D eigenvalue weighted by atomic mass is 9.91. The normalized spacial score (nSPS) is 16.4. The van der Waals surface area contributed by atoms with Crippen molar-refractivity contribution < 1.29 is 13.2 Å². The van der Waals surface area contributed by atoms with Crippen LogP contribution in [-0.4, -0.2) is 22.8 Å². The summed E-state index contributed by atoms with van der Waals surface area (Å²) in [6.07, 6.45) is 0.337. The Hall–Kier alpha value is -0.550. The summed E-state index contributed by atoms with van der Waals surface area (Å²) in [4.78, 5) is 2.32. The molecule has 1 aliphatic rings. The smallest absolute Gasteiger partial charge is 0.296 e. The van der Waals surface area contributed by atoms with Gasteiger partial charge in [-0.05, 0) is 37.4 Å². The molecule has 0 N–H and O–H groups in total. The first kappa shape index (κ1) is 15.8. The van der Waals surface area contributed by atoms with Crippen LogP contribution in [0.4, 0.5) is 13.2 Å². The number of rotatable bonds is 6. The fourth-order valence-corrected chi connectivity index (χ4v) is 2.74. The van der Waals surface area contributed by atoms with Crippen LogP contribution in [0.25, 0.3) is 0 Å². The lowest BCUT2D eigenvalue weighted by Crippen LogP contribution is -2.40. The molecule has 0 radical (unpaired) electrons. The van der Waals surface area contributed by atoms with E-state index in [1.807, 2.05) is 0 Å². The number of halogens is 4. The molecular formula is C15H19BrF3N. The third-order valence-corrected chi connectivity index (χ3v) is 4.37. The van der Waals surface area contributed by atoms with E-state index in [9.17, 15) is 13.2 Å². The molecule has 0 saturated heterocycles. The van der Waals surface area contributed by atoms with Gasteiger partial charge in [0, 0.05) is 17.9 Å². The Labute approximate surface area is 126 Å². The Morgan fingerprint density at radius 3 is 2.55 bits per heavy atom. The maximum absolute atomic E-state index is 12.7. The van der Waals surface area contributed by atoms with Crippen molar-refractivity contribution in [3.63, 3.8) is 0 Å². The predicted octanol–water partition coefficient (Wildman–Crippen LogP) is 4.84. The zero-order chi connectivity index (χ0) is 14.6. The molecule has 0 heterocycles. The molecule has 112 valence electrons. The highest BCUT2D eigenvalue weighted by atomic mass is 79.9. The zero-order valence-electron chi connectivity index (χ0n) is 11.3. The van der Waals surface area contributed by atoms with E-state index in [1.165, 1.54) is 31.4 Å². The molecule has 0 unspecified atom stereocenters. The van der Waals surface area contributed by atoms with Gasteiger partial charge in [0.25, 0.3) is 0 Å². The van der Waals surface area contributed by atoms with Crippen LogP contribution in [0.5, 0.6) is 0 Å². The Morgan fingerprint density at radius 1 is 1.25 bits per heavy atom. The van der Waals surface area contributed by atoms with Gasteiger partial charge in [0.05, 0.1) is 5.56 Å². The van der Waals surface area contributed by atoms with Crippen molar-refractivity contribution in [2.24, 2.45) is 0 Å². The van der Waals surface area contributed by atoms with Crippen LogP contribution < -0.4 is 0 Å². The van der Waals surface area contributed by atoms with Crippen LogP contribution in [0, 0.1) is 0 Å². The van der Waals surface area contributed by atoms with E-state index in [0.717, 1.165) is 29.9 Å². The SMILES string of the molecule is FC(F)(F)c1cccc(CN(CCCBr)C2CCC2)c1. The van der Waals surface area contributed by atoms with Gasteiger partial charge in [0.2, 0.25) is 0 Å². The first-order valence-electron chi connectivity index (χ1n) is 6.97. The number of hydrogen-bond acceptors (Lipinski definition) is 1. The molecule has 20 heavy (non-hydrogen) atoms. The fourth-order valence-electron chi connectivity index (χ4n) is 2.49. The topological polar surface area (TPSA) is 3.24 Å². The van der Waals surface area contributed by atoms with Gasteiger partial charge in [0.15, 0.2) is 0 Å². The lowest BCUT2D eigenvalue weighted by Gasteiger charge is -2.37.